The SMILES string of the molecule is CC1(C(=O)Cc2cc(C(=O)NCc3ccc(OCC(F)(F)F)nc3)ccn2)CC1. The average molecular weight is 407 g/mol. The van der Waals surface area contributed by atoms with Crippen LogP contribution in [0.2, 0.25) is 0 Å². The molecule has 0 saturated heterocycles. The second-order valence-electron chi connectivity index (χ2n) is 7.29. The molecule has 29 heavy (non-hydrogen) atoms. The molecule has 0 radical (unpaired) electrons. The number of aromatic nitrogens is 2. The van der Waals surface area contributed by atoms with Crippen LogP contribution in [-0.2, 0) is 17.8 Å². The average Bonchev–Trinajstić information content (AvgIpc) is 3.44. The number of pyridine rings is 2. The Balaban J connectivity index is 1.52. The Hall–Kier alpha value is -2.97. The quantitative estimate of drug-likeness (QED) is 0.727. The molecule has 1 aliphatic carbocycles. The van der Waals surface area contributed by atoms with E-state index >= 15 is 0 Å². The van der Waals surface area contributed by atoms with Crippen LogP contribution in [0, 0.1) is 5.41 Å². The molecular formula is C20H20F3N3O3. The van der Waals surface area contributed by atoms with E-state index in [1.165, 1.54) is 24.5 Å². The molecule has 1 saturated carbocycles. The van der Waals surface area contributed by atoms with E-state index in [4.69, 9.17) is 0 Å². The molecule has 154 valence electrons. The molecule has 0 aromatic carbocycles. The maximum atomic E-state index is 12.4. The molecule has 6 nitrogen and oxygen atoms in total. The molecule has 1 aliphatic rings. The number of carbonyl (C=O) groups is 2. The number of rotatable bonds is 8. The fourth-order valence-corrected chi connectivity index (χ4v) is 2.60. The van der Waals surface area contributed by atoms with Crippen LogP contribution in [0.1, 0.15) is 41.4 Å². The molecule has 0 bridgehead atoms. The van der Waals surface area contributed by atoms with Crippen LogP contribution in [0.15, 0.2) is 36.7 Å². The van der Waals surface area contributed by atoms with E-state index in [1.54, 1.807) is 12.1 Å². The van der Waals surface area contributed by atoms with E-state index in [0.717, 1.165) is 12.8 Å². The molecule has 0 spiro atoms. The van der Waals surface area contributed by atoms with Crippen molar-refractivity contribution in [1.82, 2.24) is 15.3 Å². The first-order chi connectivity index (χ1) is 13.6. The van der Waals surface area contributed by atoms with Crippen LogP contribution >= 0.6 is 0 Å². The number of ether oxygens (including phenoxy) is 1. The third-order valence-electron chi connectivity index (χ3n) is 4.73. The summed E-state index contributed by atoms with van der Waals surface area (Å²) < 4.78 is 40.9. The maximum Gasteiger partial charge on any atom is 0.422 e. The van der Waals surface area contributed by atoms with Gasteiger partial charge in [-0.05, 0) is 30.5 Å². The number of amides is 1. The molecule has 0 unspecified atom stereocenters. The van der Waals surface area contributed by atoms with Crippen molar-refractivity contribution in [2.75, 3.05) is 6.61 Å². The summed E-state index contributed by atoms with van der Waals surface area (Å²) in [5, 5.41) is 2.70. The number of carbonyl (C=O) groups excluding carboxylic acids is 2. The molecule has 0 aliphatic heterocycles. The van der Waals surface area contributed by atoms with Gasteiger partial charge in [-0.25, -0.2) is 4.98 Å². The number of alkyl halides is 3. The van der Waals surface area contributed by atoms with Gasteiger partial charge in [-0.15, -0.1) is 0 Å². The van der Waals surface area contributed by atoms with E-state index in [9.17, 15) is 22.8 Å². The van der Waals surface area contributed by atoms with Gasteiger partial charge in [0.15, 0.2) is 6.61 Å². The zero-order valence-corrected chi connectivity index (χ0v) is 15.8. The summed E-state index contributed by atoms with van der Waals surface area (Å²) in [6.07, 6.45) is 0.361. The van der Waals surface area contributed by atoms with Gasteiger partial charge in [0.2, 0.25) is 5.88 Å². The number of nitrogens with zero attached hydrogens (tertiary/aromatic N) is 2. The molecule has 9 heteroatoms. The third kappa shape index (κ3) is 6.00. The second kappa shape index (κ2) is 8.18. The second-order valence-corrected chi connectivity index (χ2v) is 7.29. The molecule has 0 atom stereocenters. The van der Waals surface area contributed by atoms with E-state index in [2.05, 4.69) is 20.0 Å². The molecule has 2 heterocycles. The van der Waals surface area contributed by atoms with E-state index < -0.39 is 12.8 Å². The molecule has 1 amide bonds. The Morgan fingerprint density at radius 3 is 2.59 bits per heavy atom. The van der Waals surface area contributed by atoms with Crippen molar-refractivity contribution < 1.29 is 27.5 Å². The zero-order chi connectivity index (χ0) is 21.1. The van der Waals surface area contributed by atoms with E-state index in [-0.39, 0.29) is 36.0 Å². The Kier molecular flexibility index (Phi) is 5.86. The van der Waals surface area contributed by atoms with Gasteiger partial charge in [-0.1, -0.05) is 13.0 Å². The van der Waals surface area contributed by atoms with Gasteiger partial charge in [0.25, 0.3) is 5.91 Å². The molecular weight excluding hydrogens is 387 g/mol. The Morgan fingerprint density at radius 1 is 1.21 bits per heavy atom. The maximum absolute atomic E-state index is 12.4. The predicted molar refractivity (Wildman–Crippen MR) is 97.2 cm³/mol. The van der Waals surface area contributed by atoms with Gasteiger partial charge in [0, 0.05) is 48.1 Å². The lowest BCUT2D eigenvalue weighted by Crippen LogP contribution is -2.23. The lowest BCUT2D eigenvalue weighted by Gasteiger charge is -2.10. The summed E-state index contributed by atoms with van der Waals surface area (Å²) in [5.74, 6) is -0.372. The monoisotopic (exact) mass is 407 g/mol. The highest BCUT2D eigenvalue weighted by Crippen LogP contribution is 2.46. The molecule has 1 N–H and O–H groups in total. The number of hydrogen-bond donors (Lipinski definition) is 1. The first kappa shape index (κ1) is 20.8. The topological polar surface area (TPSA) is 81.2 Å². The fourth-order valence-electron chi connectivity index (χ4n) is 2.60. The first-order valence-corrected chi connectivity index (χ1v) is 9.06. The normalized spacial score (nSPS) is 14.9. The van der Waals surface area contributed by atoms with Crippen molar-refractivity contribution in [2.24, 2.45) is 5.41 Å². The molecule has 2 aromatic heterocycles. The third-order valence-corrected chi connectivity index (χ3v) is 4.73. The van der Waals surface area contributed by atoms with Gasteiger partial charge < -0.3 is 10.1 Å². The minimum Gasteiger partial charge on any atom is -0.468 e. The van der Waals surface area contributed by atoms with Gasteiger partial charge in [-0.2, -0.15) is 13.2 Å². The Morgan fingerprint density at radius 2 is 1.97 bits per heavy atom. The van der Waals surface area contributed by atoms with Crippen LogP contribution in [-0.4, -0.2) is 34.4 Å². The smallest absolute Gasteiger partial charge is 0.422 e. The summed E-state index contributed by atoms with van der Waals surface area (Å²) >= 11 is 0. The summed E-state index contributed by atoms with van der Waals surface area (Å²) in [7, 11) is 0. The van der Waals surface area contributed by atoms with Crippen LogP contribution < -0.4 is 10.1 Å². The van der Waals surface area contributed by atoms with Gasteiger partial charge in [0.1, 0.15) is 5.78 Å². The van der Waals surface area contributed by atoms with Crippen LogP contribution in [0.5, 0.6) is 5.88 Å². The Bertz CT molecular complexity index is 894. The molecule has 3 rings (SSSR count). The van der Waals surface area contributed by atoms with Crippen LogP contribution in [0.25, 0.3) is 0 Å². The fraction of sp³-hybridized carbons (Fsp3) is 0.400. The number of ketones is 1. The Labute approximate surface area is 165 Å². The largest absolute Gasteiger partial charge is 0.468 e. The summed E-state index contributed by atoms with van der Waals surface area (Å²) in [6.45, 7) is 0.654. The first-order valence-electron chi connectivity index (χ1n) is 9.06. The minimum absolute atomic E-state index is 0.126. The van der Waals surface area contributed by atoms with Gasteiger partial charge in [0.05, 0.1) is 0 Å². The summed E-state index contributed by atoms with van der Waals surface area (Å²) in [6, 6.07) is 5.97. The summed E-state index contributed by atoms with van der Waals surface area (Å²) in [4.78, 5) is 32.5. The van der Waals surface area contributed by atoms with Gasteiger partial charge in [-0.3, -0.25) is 14.6 Å². The molecule has 1 fully saturated rings. The zero-order valence-electron chi connectivity index (χ0n) is 15.8. The standard InChI is InChI=1S/C20H20F3N3O3/c1-19(5-6-19)16(27)9-15-8-14(4-7-24-15)18(28)26-11-13-2-3-17(25-10-13)29-12-20(21,22)23/h2-4,7-8,10H,5-6,9,11-12H2,1H3,(H,26,28). The highest BCUT2D eigenvalue weighted by molar-refractivity contribution is 5.94. The lowest BCUT2D eigenvalue weighted by atomic mass is 9.99. The van der Waals surface area contributed by atoms with Crippen molar-refractivity contribution >= 4 is 11.7 Å². The molecule has 2 aromatic rings. The van der Waals surface area contributed by atoms with Crippen molar-refractivity contribution in [3.05, 3.63) is 53.5 Å². The number of Topliss-reactive ketones (excluding diaryl/α,β-unsaturated/α-hetero) is 1. The lowest BCUT2D eigenvalue weighted by molar-refractivity contribution is -0.154. The van der Waals surface area contributed by atoms with Crippen LogP contribution in [0.3, 0.4) is 0 Å². The van der Waals surface area contributed by atoms with E-state index in [0.29, 0.717) is 16.8 Å². The van der Waals surface area contributed by atoms with Crippen LogP contribution in [0.4, 0.5) is 13.2 Å². The van der Waals surface area contributed by atoms with Crippen molar-refractivity contribution in [2.45, 2.75) is 38.9 Å². The highest BCUT2D eigenvalue weighted by Gasteiger charge is 2.44. The predicted octanol–water partition coefficient (Wildman–Crippen LogP) is 3.26. The van der Waals surface area contributed by atoms with Crippen molar-refractivity contribution in [3.63, 3.8) is 0 Å². The number of nitrogens with one attached hydrogen (secondary N) is 1. The van der Waals surface area contributed by atoms with Crippen molar-refractivity contribution in [3.8, 4) is 5.88 Å². The van der Waals surface area contributed by atoms with Crippen molar-refractivity contribution in [1.29, 1.82) is 0 Å². The van der Waals surface area contributed by atoms with Gasteiger partial charge >= 0.3 is 6.18 Å². The number of halogens is 3. The van der Waals surface area contributed by atoms with E-state index in [1.807, 2.05) is 6.92 Å². The summed E-state index contributed by atoms with van der Waals surface area (Å²) in [5.41, 5.74) is 1.28. The number of hydrogen-bond acceptors (Lipinski definition) is 5. The minimum atomic E-state index is -4.43. The highest BCUT2D eigenvalue weighted by atomic mass is 19.4.